The fourth-order valence-electron chi connectivity index (χ4n) is 3.59. The van der Waals surface area contributed by atoms with Gasteiger partial charge in [0.25, 0.3) is 11.5 Å². The molecule has 1 atom stereocenters. The monoisotopic (exact) mass is 472 g/mol. The fraction of sp³-hybridized carbons (Fsp3) is 0.304. The quantitative estimate of drug-likeness (QED) is 0.594. The molecule has 0 saturated carbocycles. The van der Waals surface area contributed by atoms with Crippen LogP contribution in [0.5, 0.6) is 0 Å². The number of nitrogens with zero attached hydrogens (tertiary/aromatic N) is 3. The molecule has 172 valence electrons. The van der Waals surface area contributed by atoms with Crippen molar-refractivity contribution in [3.8, 4) is 5.69 Å². The summed E-state index contributed by atoms with van der Waals surface area (Å²) in [6, 6.07) is 10.8. The first-order chi connectivity index (χ1) is 15.8. The van der Waals surface area contributed by atoms with Crippen LogP contribution in [0.2, 0.25) is 5.02 Å². The Balaban J connectivity index is 1.79. The van der Waals surface area contributed by atoms with Crippen molar-refractivity contribution in [2.24, 2.45) is 0 Å². The highest BCUT2D eigenvalue weighted by atomic mass is 35.5. The van der Waals surface area contributed by atoms with Crippen LogP contribution in [-0.4, -0.2) is 39.5 Å². The summed E-state index contributed by atoms with van der Waals surface area (Å²) in [7, 11) is 0. The summed E-state index contributed by atoms with van der Waals surface area (Å²) in [6.07, 6.45) is 1.56. The van der Waals surface area contributed by atoms with E-state index >= 15 is 0 Å². The molecule has 10 heteroatoms. The molecule has 1 saturated heterocycles. The van der Waals surface area contributed by atoms with Crippen LogP contribution in [0.4, 0.5) is 4.39 Å². The van der Waals surface area contributed by atoms with Gasteiger partial charge in [0.15, 0.2) is 0 Å². The molecule has 0 bridgehead atoms. The number of benzene rings is 2. The standard InChI is InChI=1S/C23H22ClFN4O4/c1-14-7-8-17(11-19(14)25)29-23(32)28(13-15-4-2-5-16(24)10-15)22(31)20(27-29)21(30)26-12-18-6-3-9-33-18/h2,4-5,7-8,10-11,18H,3,6,9,12-13H2,1H3,(H,26,30)/t18-/m1/s1. The van der Waals surface area contributed by atoms with Crippen molar-refractivity contribution in [1.82, 2.24) is 19.7 Å². The van der Waals surface area contributed by atoms with Crippen molar-refractivity contribution in [3.63, 3.8) is 0 Å². The molecule has 1 fully saturated rings. The van der Waals surface area contributed by atoms with E-state index in [9.17, 15) is 18.8 Å². The molecule has 0 radical (unpaired) electrons. The first kappa shape index (κ1) is 22.9. The van der Waals surface area contributed by atoms with Gasteiger partial charge in [-0.1, -0.05) is 29.8 Å². The molecule has 33 heavy (non-hydrogen) atoms. The lowest BCUT2D eigenvalue weighted by atomic mass is 10.2. The normalized spacial score (nSPS) is 15.5. The molecular weight excluding hydrogens is 451 g/mol. The number of amides is 1. The molecule has 4 rings (SSSR count). The average Bonchev–Trinajstić information content (AvgIpc) is 3.31. The number of halogens is 2. The molecule has 1 aliphatic heterocycles. The zero-order valence-electron chi connectivity index (χ0n) is 17.9. The smallest absolute Gasteiger partial charge is 0.352 e. The second kappa shape index (κ2) is 9.68. The average molecular weight is 473 g/mol. The van der Waals surface area contributed by atoms with Crippen LogP contribution < -0.4 is 16.6 Å². The van der Waals surface area contributed by atoms with Crippen molar-refractivity contribution in [1.29, 1.82) is 0 Å². The van der Waals surface area contributed by atoms with E-state index in [2.05, 4.69) is 10.4 Å². The molecule has 1 aliphatic rings. The molecule has 1 N–H and O–H groups in total. The Labute approximate surface area is 193 Å². The Hall–Kier alpha value is -3.30. The number of ether oxygens (including phenoxy) is 1. The Morgan fingerprint density at radius 3 is 2.79 bits per heavy atom. The third-order valence-electron chi connectivity index (χ3n) is 5.42. The predicted octanol–water partition coefficient (Wildman–Crippen LogP) is 2.45. The number of rotatable bonds is 6. The van der Waals surface area contributed by atoms with Gasteiger partial charge in [-0.3, -0.25) is 14.2 Å². The van der Waals surface area contributed by atoms with E-state index in [0.717, 1.165) is 28.2 Å². The predicted molar refractivity (Wildman–Crippen MR) is 121 cm³/mol. The minimum absolute atomic E-state index is 0.0936. The van der Waals surface area contributed by atoms with Crippen LogP contribution >= 0.6 is 11.6 Å². The lowest BCUT2D eigenvalue weighted by Gasteiger charge is -2.14. The molecule has 8 nitrogen and oxygen atoms in total. The van der Waals surface area contributed by atoms with Crippen LogP contribution in [0.1, 0.15) is 34.5 Å². The number of hydrogen-bond acceptors (Lipinski definition) is 5. The highest BCUT2D eigenvalue weighted by molar-refractivity contribution is 6.30. The summed E-state index contributed by atoms with van der Waals surface area (Å²) in [5.74, 6) is -1.28. The lowest BCUT2D eigenvalue weighted by molar-refractivity contribution is 0.0849. The van der Waals surface area contributed by atoms with Crippen LogP contribution in [0.25, 0.3) is 5.69 Å². The maximum atomic E-state index is 14.2. The van der Waals surface area contributed by atoms with Crippen molar-refractivity contribution < 1.29 is 13.9 Å². The minimum atomic E-state index is -0.853. The van der Waals surface area contributed by atoms with Gasteiger partial charge in [-0.05, 0) is 49.1 Å². The number of aromatic nitrogens is 3. The molecule has 3 aromatic rings. The van der Waals surface area contributed by atoms with Gasteiger partial charge < -0.3 is 10.1 Å². The van der Waals surface area contributed by atoms with E-state index < -0.39 is 28.7 Å². The summed E-state index contributed by atoms with van der Waals surface area (Å²) in [5, 5.41) is 7.09. The molecule has 0 aliphatic carbocycles. The lowest BCUT2D eigenvalue weighted by Crippen LogP contribution is -2.46. The number of hydrogen-bond donors (Lipinski definition) is 1. The molecule has 0 spiro atoms. The highest BCUT2D eigenvalue weighted by Gasteiger charge is 2.23. The van der Waals surface area contributed by atoms with Gasteiger partial charge in [-0.2, -0.15) is 9.78 Å². The summed E-state index contributed by atoms with van der Waals surface area (Å²) in [4.78, 5) is 39.1. The molecule has 0 unspecified atom stereocenters. The number of carbonyl (C=O) groups excluding carboxylic acids is 1. The van der Waals surface area contributed by atoms with E-state index in [1.807, 2.05) is 0 Å². The van der Waals surface area contributed by atoms with Gasteiger partial charge in [-0.15, -0.1) is 0 Å². The van der Waals surface area contributed by atoms with Gasteiger partial charge in [0, 0.05) is 24.2 Å². The Morgan fingerprint density at radius 1 is 1.27 bits per heavy atom. The van der Waals surface area contributed by atoms with Crippen LogP contribution in [0.3, 0.4) is 0 Å². The Kier molecular flexibility index (Phi) is 6.71. The SMILES string of the molecule is Cc1ccc(-n2nc(C(=O)NC[C@H]3CCCO3)c(=O)n(Cc3cccc(Cl)c3)c2=O)cc1F. The van der Waals surface area contributed by atoms with Crippen LogP contribution in [-0.2, 0) is 11.3 Å². The molecular formula is C23H22ClFN4O4. The van der Waals surface area contributed by atoms with Crippen molar-refractivity contribution in [2.45, 2.75) is 32.4 Å². The zero-order valence-corrected chi connectivity index (χ0v) is 18.6. The van der Waals surface area contributed by atoms with Gasteiger partial charge in [-0.25, -0.2) is 9.18 Å². The number of nitrogens with one attached hydrogen (secondary N) is 1. The van der Waals surface area contributed by atoms with Gasteiger partial charge in [0.05, 0.1) is 18.3 Å². The molecule has 1 amide bonds. The largest absolute Gasteiger partial charge is 0.376 e. The topological polar surface area (TPSA) is 95.2 Å². The maximum Gasteiger partial charge on any atom is 0.352 e. The summed E-state index contributed by atoms with van der Waals surface area (Å²) in [6.45, 7) is 2.28. The molecule has 2 aromatic carbocycles. The third kappa shape index (κ3) is 5.04. The van der Waals surface area contributed by atoms with E-state index in [1.54, 1.807) is 31.2 Å². The van der Waals surface area contributed by atoms with Crippen LogP contribution in [0, 0.1) is 12.7 Å². The second-order valence-corrected chi connectivity index (χ2v) is 8.28. The van der Waals surface area contributed by atoms with Gasteiger partial charge >= 0.3 is 5.69 Å². The van der Waals surface area contributed by atoms with E-state index in [-0.39, 0.29) is 24.9 Å². The summed E-state index contributed by atoms with van der Waals surface area (Å²) in [5.41, 5.74) is -1.08. The fourth-order valence-corrected chi connectivity index (χ4v) is 3.80. The van der Waals surface area contributed by atoms with E-state index in [0.29, 0.717) is 22.8 Å². The van der Waals surface area contributed by atoms with Crippen molar-refractivity contribution in [2.75, 3.05) is 13.2 Å². The first-order valence-electron chi connectivity index (χ1n) is 10.5. The number of carbonyl (C=O) groups is 1. The van der Waals surface area contributed by atoms with E-state index in [1.165, 1.54) is 12.1 Å². The van der Waals surface area contributed by atoms with Crippen molar-refractivity contribution in [3.05, 3.63) is 91.0 Å². The Morgan fingerprint density at radius 2 is 2.09 bits per heavy atom. The summed E-state index contributed by atoms with van der Waals surface area (Å²) < 4.78 is 21.4. The van der Waals surface area contributed by atoms with E-state index in [4.69, 9.17) is 16.3 Å². The van der Waals surface area contributed by atoms with Gasteiger partial charge in [0.2, 0.25) is 5.69 Å². The second-order valence-electron chi connectivity index (χ2n) is 7.84. The highest BCUT2D eigenvalue weighted by Crippen LogP contribution is 2.13. The number of aryl methyl sites for hydroxylation is 1. The van der Waals surface area contributed by atoms with Crippen LogP contribution in [0.15, 0.2) is 52.1 Å². The summed E-state index contributed by atoms with van der Waals surface area (Å²) >= 11 is 6.03. The Bertz CT molecular complexity index is 1310. The maximum absolute atomic E-state index is 14.2. The third-order valence-corrected chi connectivity index (χ3v) is 5.65. The van der Waals surface area contributed by atoms with Crippen molar-refractivity contribution >= 4 is 17.5 Å². The zero-order chi connectivity index (χ0) is 23.5. The molecule has 1 aromatic heterocycles. The first-order valence-corrected chi connectivity index (χ1v) is 10.9. The minimum Gasteiger partial charge on any atom is -0.376 e. The van der Waals surface area contributed by atoms with Gasteiger partial charge in [0.1, 0.15) is 5.82 Å². The molecule has 2 heterocycles.